The SMILES string of the molecule is C1=CNC(c2cccc(-c3ccc(-c4ccc(-c5nc6ccccc6c6nc7ccccn7c56)cc4)cc3)n2)C=C1. The van der Waals surface area contributed by atoms with Crippen LogP contribution in [0.1, 0.15) is 11.7 Å². The standard InChI is InChI=1S/C36H25N5/c1-2-9-30-28(8-1)35-36(41-23-6-4-13-33(41)40-35)34(39-30)27-20-16-25(17-21-27)24-14-18-26(19-15-24)29-11-7-12-32(38-29)31-10-3-5-22-37-31/h1-23,31,37H. The van der Waals surface area contributed by atoms with E-state index in [4.69, 9.17) is 15.0 Å². The van der Waals surface area contributed by atoms with Crippen molar-refractivity contribution < 1.29 is 0 Å². The Kier molecular flexibility index (Phi) is 5.45. The van der Waals surface area contributed by atoms with Crippen molar-refractivity contribution in [3.8, 4) is 33.6 Å². The lowest BCUT2D eigenvalue weighted by atomic mass is 9.99. The van der Waals surface area contributed by atoms with E-state index in [1.54, 1.807) is 0 Å². The quantitative estimate of drug-likeness (QED) is 0.251. The van der Waals surface area contributed by atoms with Crippen molar-refractivity contribution in [1.82, 2.24) is 24.7 Å². The molecular formula is C36H25N5. The van der Waals surface area contributed by atoms with Crippen LogP contribution in [-0.2, 0) is 0 Å². The summed E-state index contributed by atoms with van der Waals surface area (Å²) in [5, 5.41) is 4.41. The first kappa shape index (κ1) is 23.3. The Balaban J connectivity index is 1.14. The summed E-state index contributed by atoms with van der Waals surface area (Å²) in [6.07, 6.45) is 10.2. The summed E-state index contributed by atoms with van der Waals surface area (Å²) in [5.74, 6) is 0. The molecule has 1 unspecified atom stereocenters. The van der Waals surface area contributed by atoms with Crippen molar-refractivity contribution in [3.05, 3.63) is 146 Å². The Labute approximate surface area is 237 Å². The molecule has 3 aromatic carbocycles. The van der Waals surface area contributed by atoms with Gasteiger partial charge in [-0.1, -0.05) is 91.0 Å². The summed E-state index contributed by atoms with van der Waals surface area (Å²) < 4.78 is 2.14. The highest BCUT2D eigenvalue weighted by Crippen LogP contribution is 2.34. The van der Waals surface area contributed by atoms with E-state index in [1.165, 1.54) is 0 Å². The van der Waals surface area contributed by atoms with Crippen LogP contribution in [-0.4, -0.2) is 19.4 Å². The van der Waals surface area contributed by atoms with Gasteiger partial charge in [-0.3, -0.25) is 9.38 Å². The van der Waals surface area contributed by atoms with E-state index in [0.717, 1.165) is 66.9 Å². The maximum Gasteiger partial charge on any atom is 0.137 e. The van der Waals surface area contributed by atoms with E-state index in [1.807, 2.05) is 48.7 Å². The van der Waals surface area contributed by atoms with Crippen LogP contribution in [0.4, 0.5) is 0 Å². The molecule has 1 aliphatic heterocycles. The molecule has 0 amide bonds. The number of rotatable bonds is 4. The van der Waals surface area contributed by atoms with Gasteiger partial charge in [0.15, 0.2) is 0 Å². The summed E-state index contributed by atoms with van der Waals surface area (Å²) in [4.78, 5) is 15.0. The molecule has 0 bridgehead atoms. The first-order chi connectivity index (χ1) is 20.3. The van der Waals surface area contributed by atoms with Crippen molar-refractivity contribution in [2.45, 2.75) is 6.04 Å². The minimum atomic E-state index is 0.0941. The van der Waals surface area contributed by atoms with Crippen LogP contribution in [0.25, 0.3) is 61.2 Å². The van der Waals surface area contributed by atoms with Crippen LogP contribution in [0, 0.1) is 0 Å². The average molecular weight is 528 g/mol. The van der Waals surface area contributed by atoms with Gasteiger partial charge in [-0.2, -0.15) is 0 Å². The molecule has 7 aromatic rings. The number of allylic oxidation sites excluding steroid dienone is 2. The van der Waals surface area contributed by atoms with Crippen molar-refractivity contribution >= 4 is 27.6 Å². The Morgan fingerprint density at radius 2 is 1.37 bits per heavy atom. The van der Waals surface area contributed by atoms with Gasteiger partial charge in [-0.15, -0.1) is 0 Å². The van der Waals surface area contributed by atoms with Gasteiger partial charge in [0.2, 0.25) is 0 Å². The summed E-state index contributed by atoms with van der Waals surface area (Å²) >= 11 is 0. The second-order valence-electron chi connectivity index (χ2n) is 10.2. The molecule has 41 heavy (non-hydrogen) atoms. The Morgan fingerprint density at radius 1 is 0.610 bits per heavy atom. The molecular weight excluding hydrogens is 502 g/mol. The summed E-state index contributed by atoms with van der Waals surface area (Å²) in [7, 11) is 0. The maximum atomic E-state index is 5.10. The first-order valence-electron chi connectivity index (χ1n) is 13.7. The van der Waals surface area contributed by atoms with Gasteiger partial charge in [-0.25, -0.2) is 9.97 Å². The molecule has 5 nitrogen and oxygen atoms in total. The number of fused-ring (bicyclic) bond motifs is 5. The average Bonchev–Trinajstić information content (AvgIpc) is 3.45. The molecule has 1 aliphatic rings. The predicted octanol–water partition coefficient (Wildman–Crippen LogP) is 8.15. The molecule has 0 fully saturated rings. The second-order valence-corrected chi connectivity index (χ2v) is 10.2. The molecule has 5 heteroatoms. The first-order valence-corrected chi connectivity index (χ1v) is 13.7. The lowest BCUT2D eigenvalue weighted by molar-refractivity contribution is 0.722. The number of aromatic nitrogens is 4. The largest absolute Gasteiger partial charge is 0.379 e. The third-order valence-electron chi connectivity index (χ3n) is 7.69. The number of hydrogen-bond donors (Lipinski definition) is 1. The number of nitrogens with zero attached hydrogens (tertiary/aromatic N) is 4. The minimum absolute atomic E-state index is 0.0941. The predicted molar refractivity (Wildman–Crippen MR) is 166 cm³/mol. The number of nitrogens with one attached hydrogen (secondary N) is 1. The van der Waals surface area contributed by atoms with Gasteiger partial charge in [0, 0.05) is 22.7 Å². The number of hydrogen-bond acceptors (Lipinski definition) is 4. The molecule has 0 radical (unpaired) electrons. The fraction of sp³-hybridized carbons (Fsp3) is 0.0278. The zero-order valence-electron chi connectivity index (χ0n) is 22.1. The fourth-order valence-electron chi connectivity index (χ4n) is 5.62. The third-order valence-corrected chi connectivity index (χ3v) is 7.69. The number of imidazole rings is 1. The molecule has 4 aromatic heterocycles. The van der Waals surface area contributed by atoms with E-state index >= 15 is 0 Å². The molecule has 194 valence electrons. The number of para-hydroxylation sites is 1. The van der Waals surface area contributed by atoms with Crippen molar-refractivity contribution in [1.29, 1.82) is 0 Å². The monoisotopic (exact) mass is 527 g/mol. The van der Waals surface area contributed by atoms with Gasteiger partial charge in [0.25, 0.3) is 0 Å². The number of benzene rings is 3. The molecule has 0 saturated carbocycles. The molecule has 1 atom stereocenters. The summed E-state index contributed by atoms with van der Waals surface area (Å²) in [6, 6.07) is 37.9. The van der Waals surface area contributed by atoms with E-state index in [0.29, 0.717) is 0 Å². The zero-order valence-corrected chi connectivity index (χ0v) is 22.1. The van der Waals surface area contributed by atoms with Crippen LogP contribution < -0.4 is 5.32 Å². The van der Waals surface area contributed by atoms with Crippen LogP contribution in [0.5, 0.6) is 0 Å². The molecule has 1 N–H and O–H groups in total. The molecule has 0 spiro atoms. The highest BCUT2D eigenvalue weighted by molar-refractivity contribution is 6.09. The van der Waals surface area contributed by atoms with Crippen molar-refractivity contribution in [2.75, 3.05) is 0 Å². The molecule has 0 saturated heterocycles. The van der Waals surface area contributed by atoms with Crippen LogP contribution in [0.2, 0.25) is 0 Å². The number of dihydropyridines is 1. The van der Waals surface area contributed by atoms with E-state index in [-0.39, 0.29) is 6.04 Å². The van der Waals surface area contributed by atoms with Gasteiger partial charge < -0.3 is 5.32 Å². The summed E-state index contributed by atoms with van der Waals surface area (Å²) in [6.45, 7) is 0. The van der Waals surface area contributed by atoms with Crippen LogP contribution >= 0.6 is 0 Å². The smallest absolute Gasteiger partial charge is 0.137 e. The molecule has 5 heterocycles. The van der Waals surface area contributed by atoms with Gasteiger partial charge in [-0.05, 0) is 53.7 Å². The lowest BCUT2D eigenvalue weighted by Crippen LogP contribution is -2.16. The Hall–Kier alpha value is -5.55. The summed E-state index contributed by atoms with van der Waals surface area (Å²) in [5.41, 5.74) is 11.2. The third kappa shape index (κ3) is 4.07. The van der Waals surface area contributed by atoms with Crippen molar-refractivity contribution in [3.63, 3.8) is 0 Å². The lowest BCUT2D eigenvalue weighted by Gasteiger charge is -2.16. The Morgan fingerprint density at radius 3 is 2.17 bits per heavy atom. The van der Waals surface area contributed by atoms with Crippen molar-refractivity contribution in [2.24, 2.45) is 0 Å². The second kappa shape index (κ2) is 9.57. The van der Waals surface area contributed by atoms with Gasteiger partial charge in [0.05, 0.1) is 34.2 Å². The minimum Gasteiger partial charge on any atom is -0.379 e. The molecule has 8 rings (SSSR count). The molecule has 0 aliphatic carbocycles. The van der Waals surface area contributed by atoms with Gasteiger partial charge >= 0.3 is 0 Å². The Bertz CT molecular complexity index is 2120. The van der Waals surface area contributed by atoms with Crippen LogP contribution in [0.3, 0.4) is 0 Å². The zero-order chi connectivity index (χ0) is 27.2. The van der Waals surface area contributed by atoms with E-state index in [2.05, 4.69) is 101 Å². The van der Waals surface area contributed by atoms with E-state index < -0.39 is 0 Å². The van der Waals surface area contributed by atoms with Crippen LogP contribution in [0.15, 0.2) is 140 Å². The maximum absolute atomic E-state index is 5.10. The van der Waals surface area contributed by atoms with Gasteiger partial charge in [0.1, 0.15) is 11.2 Å². The highest BCUT2D eigenvalue weighted by atomic mass is 15.0. The topological polar surface area (TPSA) is 55.1 Å². The normalized spacial score (nSPS) is 14.6. The van der Waals surface area contributed by atoms with E-state index in [9.17, 15) is 0 Å². The highest BCUT2D eigenvalue weighted by Gasteiger charge is 2.16. The fourth-order valence-corrected chi connectivity index (χ4v) is 5.62. The number of pyridine rings is 3.